The highest BCUT2D eigenvalue weighted by molar-refractivity contribution is 5.44. The normalized spacial score (nSPS) is 29.1. The van der Waals surface area contributed by atoms with Gasteiger partial charge in [-0.2, -0.15) is 0 Å². The van der Waals surface area contributed by atoms with Crippen molar-refractivity contribution in [3.05, 3.63) is 60.7 Å². The predicted molar refractivity (Wildman–Crippen MR) is 112 cm³/mol. The Morgan fingerprint density at radius 1 is 0.462 bits per heavy atom. The highest BCUT2D eigenvalue weighted by atomic mass is 14.9. The minimum absolute atomic E-state index is 0.671. The van der Waals surface area contributed by atoms with Gasteiger partial charge in [0.25, 0.3) is 0 Å². The number of anilines is 2. The van der Waals surface area contributed by atoms with Gasteiger partial charge in [0.15, 0.2) is 0 Å². The molecule has 2 aliphatic carbocycles. The van der Waals surface area contributed by atoms with Crippen LogP contribution >= 0.6 is 0 Å². The Morgan fingerprint density at radius 2 is 0.808 bits per heavy atom. The van der Waals surface area contributed by atoms with Crippen LogP contribution in [0.1, 0.15) is 51.4 Å². The predicted octanol–water partition coefficient (Wildman–Crippen LogP) is 6.33. The molecule has 2 saturated carbocycles. The molecule has 0 aliphatic heterocycles. The van der Waals surface area contributed by atoms with E-state index in [1.165, 1.54) is 62.7 Å². The zero-order valence-corrected chi connectivity index (χ0v) is 15.7. The van der Waals surface area contributed by atoms with E-state index in [9.17, 15) is 0 Å². The van der Waals surface area contributed by atoms with Gasteiger partial charge in [-0.05, 0) is 87.5 Å². The molecule has 0 heterocycles. The molecule has 26 heavy (non-hydrogen) atoms. The van der Waals surface area contributed by atoms with Crippen LogP contribution in [0.4, 0.5) is 11.4 Å². The van der Waals surface area contributed by atoms with Crippen LogP contribution in [0.2, 0.25) is 0 Å². The molecule has 2 aromatic carbocycles. The third-order valence-corrected chi connectivity index (χ3v) is 6.50. The van der Waals surface area contributed by atoms with Gasteiger partial charge in [0.1, 0.15) is 0 Å². The first-order chi connectivity index (χ1) is 12.9. The summed E-state index contributed by atoms with van der Waals surface area (Å²) >= 11 is 0. The number of rotatable bonds is 5. The third-order valence-electron chi connectivity index (χ3n) is 6.50. The lowest BCUT2D eigenvalue weighted by Gasteiger charge is -2.38. The van der Waals surface area contributed by atoms with Crippen LogP contribution in [0.5, 0.6) is 0 Å². The van der Waals surface area contributed by atoms with Crippen LogP contribution < -0.4 is 10.6 Å². The highest BCUT2D eigenvalue weighted by Gasteiger charge is 2.30. The van der Waals surface area contributed by atoms with Crippen molar-refractivity contribution in [2.75, 3.05) is 10.6 Å². The standard InChI is InChI=1S/C24H32N2/c1-3-7-21(8-4-1)25-23-15-11-19(12-16-23)20-13-17-24(18-14-20)26-22-9-5-2-6-10-22/h1-10,19-20,23-26H,11-18H2. The minimum atomic E-state index is 0.671. The van der Waals surface area contributed by atoms with Gasteiger partial charge in [0, 0.05) is 23.5 Å². The van der Waals surface area contributed by atoms with Gasteiger partial charge < -0.3 is 10.6 Å². The van der Waals surface area contributed by atoms with E-state index >= 15 is 0 Å². The van der Waals surface area contributed by atoms with Crippen LogP contribution in [0, 0.1) is 11.8 Å². The van der Waals surface area contributed by atoms with Crippen molar-refractivity contribution in [3.8, 4) is 0 Å². The molecular formula is C24H32N2. The molecule has 0 unspecified atom stereocenters. The maximum atomic E-state index is 3.73. The Hall–Kier alpha value is -1.96. The van der Waals surface area contributed by atoms with Crippen molar-refractivity contribution in [2.24, 2.45) is 11.8 Å². The maximum Gasteiger partial charge on any atom is 0.0342 e. The largest absolute Gasteiger partial charge is 0.382 e. The average Bonchev–Trinajstić information content (AvgIpc) is 2.71. The number of hydrogen-bond acceptors (Lipinski definition) is 2. The summed E-state index contributed by atoms with van der Waals surface area (Å²) in [5, 5.41) is 7.46. The quantitative estimate of drug-likeness (QED) is 0.660. The zero-order valence-electron chi connectivity index (χ0n) is 15.7. The smallest absolute Gasteiger partial charge is 0.0342 e. The summed E-state index contributed by atoms with van der Waals surface area (Å²) in [5.41, 5.74) is 2.56. The van der Waals surface area contributed by atoms with E-state index in [1.807, 2.05) is 0 Å². The Morgan fingerprint density at radius 3 is 1.15 bits per heavy atom. The average molecular weight is 349 g/mol. The lowest BCUT2D eigenvalue weighted by atomic mass is 9.71. The number of hydrogen-bond donors (Lipinski definition) is 2. The van der Waals surface area contributed by atoms with E-state index in [-0.39, 0.29) is 0 Å². The van der Waals surface area contributed by atoms with Crippen LogP contribution in [-0.4, -0.2) is 12.1 Å². The van der Waals surface area contributed by atoms with Crippen LogP contribution in [-0.2, 0) is 0 Å². The molecule has 2 N–H and O–H groups in total. The van der Waals surface area contributed by atoms with E-state index in [4.69, 9.17) is 0 Å². The van der Waals surface area contributed by atoms with Gasteiger partial charge in [-0.3, -0.25) is 0 Å². The molecule has 0 radical (unpaired) electrons. The van der Waals surface area contributed by atoms with Crippen molar-refractivity contribution in [1.82, 2.24) is 0 Å². The topological polar surface area (TPSA) is 24.1 Å². The Bertz CT molecular complexity index is 579. The molecule has 0 aromatic heterocycles. The van der Waals surface area contributed by atoms with Crippen molar-refractivity contribution in [1.29, 1.82) is 0 Å². The Labute approximate surface area is 158 Å². The fraction of sp³-hybridized carbons (Fsp3) is 0.500. The summed E-state index contributed by atoms with van der Waals surface area (Å²) in [6.45, 7) is 0. The van der Waals surface area contributed by atoms with Gasteiger partial charge in [-0.25, -0.2) is 0 Å². The molecule has 4 rings (SSSR count). The summed E-state index contributed by atoms with van der Waals surface area (Å²) in [6.07, 6.45) is 11.0. The molecule has 0 bridgehead atoms. The molecule has 2 aromatic rings. The van der Waals surface area contributed by atoms with Gasteiger partial charge in [0.2, 0.25) is 0 Å². The van der Waals surface area contributed by atoms with E-state index in [2.05, 4.69) is 71.3 Å². The van der Waals surface area contributed by atoms with Crippen molar-refractivity contribution in [3.63, 3.8) is 0 Å². The molecule has 2 heteroatoms. The van der Waals surface area contributed by atoms with Gasteiger partial charge in [-0.15, -0.1) is 0 Å². The summed E-state index contributed by atoms with van der Waals surface area (Å²) in [6, 6.07) is 22.8. The molecule has 2 fully saturated rings. The zero-order chi connectivity index (χ0) is 17.6. The Kier molecular flexibility index (Phi) is 5.78. The monoisotopic (exact) mass is 348 g/mol. The second-order valence-corrected chi connectivity index (χ2v) is 8.24. The first-order valence-corrected chi connectivity index (χ1v) is 10.5. The fourth-order valence-electron chi connectivity index (χ4n) is 5.01. The van der Waals surface area contributed by atoms with Crippen LogP contribution in [0.15, 0.2) is 60.7 Å². The van der Waals surface area contributed by atoms with Gasteiger partial charge in [-0.1, -0.05) is 36.4 Å². The fourth-order valence-corrected chi connectivity index (χ4v) is 5.01. The van der Waals surface area contributed by atoms with Crippen molar-refractivity contribution >= 4 is 11.4 Å². The second kappa shape index (κ2) is 8.62. The van der Waals surface area contributed by atoms with Crippen LogP contribution in [0.25, 0.3) is 0 Å². The van der Waals surface area contributed by atoms with Crippen molar-refractivity contribution in [2.45, 2.75) is 63.5 Å². The molecule has 0 atom stereocenters. The first kappa shape index (κ1) is 17.5. The minimum Gasteiger partial charge on any atom is -0.382 e. The lowest BCUT2D eigenvalue weighted by Crippen LogP contribution is -2.33. The SMILES string of the molecule is c1ccc(NC2CCC(C3CCC(Nc4ccccc4)CC3)CC2)cc1. The molecule has 2 aliphatic rings. The maximum absolute atomic E-state index is 3.73. The first-order valence-electron chi connectivity index (χ1n) is 10.5. The molecular weight excluding hydrogens is 316 g/mol. The van der Waals surface area contributed by atoms with E-state index in [0.29, 0.717) is 12.1 Å². The van der Waals surface area contributed by atoms with Gasteiger partial charge >= 0.3 is 0 Å². The number of benzene rings is 2. The van der Waals surface area contributed by atoms with Crippen LogP contribution in [0.3, 0.4) is 0 Å². The van der Waals surface area contributed by atoms with E-state index < -0.39 is 0 Å². The summed E-state index contributed by atoms with van der Waals surface area (Å²) in [5.74, 6) is 1.92. The highest BCUT2D eigenvalue weighted by Crippen LogP contribution is 2.39. The van der Waals surface area contributed by atoms with Crippen molar-refractivity contribution < 1.29 is 0 Å². The molecule has 138 valence electrons. The van der Waals surface area contributed by atoms with E-state index in [1.54, 1.807) is 0 Å². The summed E-state index contributed by atoms with van der Waals surface area (Å²) < 4.78 is 0. The molecule has 0 saturated heterocycles. The summed E-state index contributed by atoms with van der Waals surface area (Å²) in [7, 11) is 0. The lowest BCUT2D eigenvalue weighted by molar-refractivity contribution is 0.185. The molecule has 2 nitrogen and oxygen atoms in total. The summed E-state index contributed by atoms with van der Waals surface area (Å²) in [4.78, 5) is 0. The number of para-hydroxylation sites is 2. The van der Waals surface area contributed by atoms with E-state index in [0.717, 1.165) is 11.8 Å². The molecule has 0 spiro atoms. The number of nitrogens with one attached hydrogen (secondary N) is 2. The molecule has 0 amide bonds. The third kappa shape index (κ3) is 4.60. The van der Waals surface area contributed by atoms with Gasteiger partial charge in [0.05, 0.1) is 0 Å². The Balaban J connectivity index is 1.20. The second-order valence-electron chi connectivity index (χ2n) is 8.24.